The van der Waals surface area contributed by atoms with Crippen LogP contribution < -0.4 is 10.5 Å². The zero-order valence-corrected chi connectivity index (χ0v) is 12.7. The number of hydrogen-bond acceptors (Lipinski definition) is 3. The van der Waals surface area contributed by atoms with Crippen molar-refractivity contribution in [2.24, 2.45) is 11.7 Å². The van der Waals surface area contributed by atoms with Crippen molar-refractivity contribution < 1.29 is 8.42 Å². The number of halogens is 1. The molecule has 2 rings (SSSR count). The average Bonchev–Trinajstić information content (AvgIpc) is 3.10. The van der Waals surface area contributed by atoms with Crippen LogP contribution in [0.3, 0.4) is 0 Å². The van der Waals surface area contributed by atoms with E-state index in [0.717, 1.165) is 12.8 Å². The standard InChI is InChI=1S/C11H13BrN2O2S2/c12-8-3-1-2-4-9(8)18(15,16)14-10(11(13)17)7-5-6-7/h1-4,7,10,14H,5-6H2,(H2,13,17). The summed E-state index contributed by atoms with van der Waals surface area (Å²) in [6, 6.07) is 6.20. The maximum atomic E-state index is 12.2. The van der Waals surface area contributed by atoms with Gasteiger partial charge in [0.15, 0.2) is 0 Å². The van der Waals surface area contributed by atoms with Gasteiger partial charge in [-0.3, -0.25) is 0 Å². The van der Waals surface area contributed by atoms with Crippen LogP contribution in [0.4, 0.5) is 0 Å². The lowest BCUT2D eigenvalue weighted by Gasteiger charge is -2.17. The molecule has 1 aliphatic carbocycles. The lowest BCUT2D eigenvalue weighted by atomic mass is 10.2. The van der Waals surface area contributed by atoms with Gasteiger partial charge in [0.05, 0.1) is 15.9 Å². The minimum absolute atomic E-state index is 0.201. The van der Waals surface area contributed by atoms with Crippen molar-refractivity contribution in [3.8, 4) is 0 Å². The molecule has 0 aromatic heterocycles. The average molecular weight is 349 g/mol. The Morgan fingerprint density at radius 2 is 2.06 bits per heavy atom. The molecule has 4 nitrogen and oxygen atoms in total. The maximum absolute atomic E-state index is 12.2. The summed E-state index contributed by atoms with van der Waals surface area (Å²) in [5.41, 5.74) is 5.59. The number of thiocarbonyl (C=S) groups is 1. The van der Waals surface area contributed by atoms with Gasteiger partial charge in [-0.05, 0) is 46.8 Å². The molecule has 7 heteroatoms. The highest BCUT2D eigenvalue weighted by molar-refractivity contribution is 9.10. The topological polar surface area (TPSA) is 72.2 Å². The van der Waals surface area contributed by atoms with Gasteiger partial charge < -0.3 is 5.73 Å². The number of hydrogen-bond donors (Lipinski definition) is 2. The Hall–Kier alpha value is -0.500. The van der Waals surface area contributed by atoms with E-state index in [4.69, 9.17) is 18.0 Å². The zero-order valence-electron chi connectivity index (χ0n) is 9.47. The van der Waals surface area contributed by atoms with Crippen molar-refractivity contribution in [2.45, 2.75) is 23.8 Å². The lowest BCUT2D eigenvalue weighted by molar-refractivity contribution is 0.564. The molecule has 18 heavy (non-hydrogen) atoms. The summed E-state index contributed by atoms with van der Waals surface area (Å²) in [4.78, 5) is 0.403. The fourth-order valence-electron chi connectivity index (χ4n) is 1.71. The zero-order chi connectivity index (χ0) is 13.3. The third kappa shape index (κ3) is 3.09. The molecule has 3 N–H and O–H groups in total. The smallest absolute Gasteiger partial charge is 0.242 e. The minimum atomic E-state index is -3.60. The highest BCUT2D eigenvalue weighted by atomic mass is 79.9. The third-order valence-electron chi connectivity index (χ3n) is 2.81. The molecule has 0 spiro atoms. The molecular formula is C11H13BrN2O2S2. The van der Waals surface area contributed by atoms with Gasteiger partial charge in [0.2, 0.25) is 10.0 Å². The second-order valence-electron chi connectivity index (χ2n) is 4.27. The molecule has 0 saturated heterocycles. The quantitative estimate of drug-likeness (QED) is 0.795. The van der Waals surface area contributed by atoms with Crippen molar-refractivity contribution in [3.63, 3.8) is 0 Å². The fraction of sp³-hybridized carbons (Fsp3) is 0.364. The first-order valence-electron chi connectivity index (χ1n) is 5.48. The summed E-state index contributed by atoms with van der Waals surface area (Å²) < 4.78 is 27.6. The molecule has 1 fully saturated rings. The minimum Gasteiger partial charge on any atom is -0.392 e. The van der Waals surface area contributed by atoms with E-state index in [-0.39, 0.29) is 15.8 Å². The van der Waals surface area contributed by atoms with E-state index in [1.807, 2.05) is 0 Å². The van der Waals surface area contributed by atoms with Crippen molar-refractivity contribution in [2.75, 3.05) is 0 Å². The van der Waals surface area contributed by atoms with Crippen LogP contribution in [0, 0.1) is 5.92 Å². The summed E-state index contributed by atoms with van der Waals surface area (Å²) in [5.74, 6) is 0.236. The van der Waals surface area contributed by atoms with Crippen LogP contribution in [-0.2, 0) is 10.0 Å². The Kier molecular flexibility index (Phi) is 4.05. The van der Waals surface area contributed by atoms with Crippen LogP contribution in [0.5, 0.6) is 0 Å². The van der Waals surface area contributed by atoms with Crippen molar-refractivity contribution in [3.05, 3.63) is 28.7 Å². The first kappa shape index (κ1) is 13.9. The molecule has 98 valence electrons. The van der Waals surface area contributed by atoms with E-state index in [9.17, 15) is 8.42 Å². The molecule has 1 unspecified atom stereocenters. The predicted octanol–water partition coefficient (Wildman–Crippen LogP) is 1.79. The van der Waals surface area contributed by atoms with Crippen molar-refractivity contribution >= 4 is 43.2 Å². The van der Waals surface area contributed by atoms with Gasteiger partial charge in [0.25, 0.3) is 0 Å². The molecule has 0 aliphatic heterocycles. The second kappa shape index (κ2) is 5.24. The van der Waals surface area contributed by atoms with Gasteiger partial charge in [0.1, 0.15) is 0 Å². The lowest BCUT2D eigenvalue weighted by Crippen LogP contribution is -2.44. The van der Waals surface area contributed by atoms with E-state index < -0.39 is 16.1 Å². The van der Waals surface area contributed by atoms with Gasteiger partial charge in [-0.15, -0.1) is 0 Å². The van der Waals surface area contributed by atoms with Crippen LogP contribution in [0.25, 0.3) is 0 Å². The summed E-state index contributed by atoms with van der Waals surface area (Å²) in [5, 5.41) is 0. The van der Waals surface area contributed by atoms with Gasteiger partial charge in [-0.1, -0.05) is 24.4 Å². The fourth-order valence-corrected chi connectivity index (χ4v) is 4.32. The largest absolute Gasteiger partial charge is 0.392 e. The van der Waals surface area contributed by atoms with Crippen molar-refractivity contribution in [1.29, 1.82) is 0 Å². The van der Waals surface area contributed by atoms with Crippen LogP contribution in [0.2, 0.25) is 0 Å². The first-order valence-corrected chi connectivity index (χ1v) is 8.16. The number of sulfonamides is 1. The van der Waals surface area contributed by atoms with Crippen LogP contribution in [0.15, 0.2) is 33.6 Å². The summed E-state index contributed by atoms with van der Waals surface area (Å²) in [6.07, 6.45) is 1.92. The first-order chi connectivity index (χ1) is 8.42. The van der Waals surface area contributed by atoms with E-state index in [2.05, 4.69) is 20.7 Å². The Balaban J connectivity index is 2.26. The van der Waals surface area contributed by atoms with Crippen LogP contribution >= 0.6 is 28.1 Å². The van der Waals surface area contributed by atoms with Gasteiger partial charge in [-0.25, -0.2) is 13.1 Å². The van der Waals surface area contributed by atoms with E-state index in [0.29, 0.717) is 4.47 Å². The highest BCUT2D eigenvalue weighted by Gasteiger charge is 2.36. The van der Waals surface area contributed by atoms with E-state index >= 15 is 0 Å². The molecule has 1 atom stereocenters. The number of benzene rings is 1. The molecular weight excluding hydrogens is 336 g/mol. The predicted molar refractivity (Wildman–Crippen MR) is 77.8 cm³/mol. The normalized spacial score (nSPS) is 17.4. The van der Waals surface area contributed by atoms with Crippen LogP contribution in [0.1, 0.15) is 12.8 Å². The maximum Gasteiger partial charge on any atom is 0.242 e. The number of nitrogens with two attached hydrogens (primary N) is 1. The Morgan fingerprint density at radius 1 is 1.44 bits per heavy atom. The molecule has 1 aliphatic rings. The van der Waals surface area contributed by atoms with Crippen molar-refractivity contribution in [1.82, 2.24) is 4.72 Å². The molecule has 0 bridgehead atoms. The second-order valence-corrected chi connectivity index (χ2v) is 7.28. The molecule has 0 heterocycles. The highest BCUT2D eigenvalue weighted by Crippen LogP contribution is 2.34. The molecule has 1 saturated carbocycles. The number of nitrogens with one attached hydrogen (secondary N) is 1. The third-order valence-corrected chi connectivity index (χ3v) is 5.52. The number of rotatable bonds is 5. The molecule has 0 radical (unpaired) electrons. The van der Waals surface area contributed by atoms with E-state index in [1.165, 1.54) is 6.07 Å². The van der Waals surface area contributed by atoms with Crippen LogP contribution in [-0.4, -0.2) is 19.4 Å². The Bertz CT molecular complexity index is 570. The molecule has 1 aromatic carbocycles. The summed E-state index contributed by atoms with van der Waals surface area (Å²) in [6.45, 7) is 0. The summed E-state index contributed by atoms with van der Waals surface area (Å²) in [7, 11) is -3.60. The molecule has 1 aromatic rings. The molecule has 0 amide bonds. The van der Waals surface area contributed by atoms with Gasteiger partial charge in [-0.2, -0.15) is 0 Å². The van der Waals surface area contributed by atoms with Gasteiger partial charge in [0, 0.05) is 4.47 Å². The monoisotopic (exact) mass is 348 g/mol. The van der Waals surface area contributed by atoms with E-state index in [1.54, 1.807) is 18.2 Å². The Morgan fingerprint density at radius 3 is 2.56 bits per heavy atom. The Labute approximate surface area is 120 Å². The summed E-state index contributed by atoms with van der Waals surface area (Å²) >= 11 is 8.15. The van der Waals surface area contributed by atoms with Gasteiger partial charge >= 0.3 is 0 Å². The SMILES string of the molecule is NC(=S)C(NS(=O)(=O)c1ccccc1Br)C1CC1.